The number of nitrogens with one attached hydrogen (secondary N) is 2. The molecule has 0 amide bonds. The number of hydrogen-bond donors (Lipinski definition) is 2. The molecular formula is C12H13N3O2. The van der Waals surface area contributed by atoms with Gasteiger partial charge in [-0.2, -0.15) is 0 Å². The van der Waals surface area contributed by atoms with Gasteiger partial charge < -0.3 is 14.7 Å². The molecule has 2 aromatic heterocycles. The van der Waals surface area contributed by atoms with Crippen LogP contribution in [0.3, 0.4) is 0 Å². The molecule has 0 atom stereocenters. The van der Waals surface area contributed by atoms with Gasteiger partial charge in [-0.15, -0.1) is 0 Å². The van der Waals surface area contributed by atoms with E-state index >= 15 is 0 Å². The van der Waals surface area contributed by atoms with E-state index in [0.717, 1.165) is 24.2 Å². The summed E-state index contributed by atoms with van der Waals surface area (Å²) in [6, 6.07) is 3.36. The van der Waals surface area contributed by atoms with Crippen LogP contribution in [0.15, 0.2) is 33.9 Å². The minimum Gasteiger partial charge on any atom is -0.472 e. The molecule has 1 aliphatic carbocycles. The number of nitrogens with zero attached hydrogens (tertiary/aromatic N) is 1. The van der Waals surface area contributed by atoms with Gasteiger partial charge in [-0.1, -0.05) is 0 Å². The van der Waals surface area contributed by atoms with E-state index in [4.69, 9.17) is 4.42 Å². The number of hydrogen-bond acceptors (Lipinski definition) is 4. The average molecular weight is 231 g/mol. The summed E-state index contributed by atoms with van der Waals surface area (Å²) in [6.07, 6.45) is 5.53. The molecule has 0 unspecified atom stereocenters. The lowest BCUT2D eigenvalue weighted by atomic mass is 10.3. The van der Waals surface area contributed by atoms with Crippen molar-refractivity contribution in [3.05, 3.63) is 46.4 Å². The van der Waals surface area contributed by atoms with E-state index < -0.39 is 0 Å². The molecule has 0 spiro atoms. The summed E-state index contributed by atoms with van der Waals surface area (Å²) in [6.45, 7) is 0.608. The van der Waals surface area contributed by atoms with Crippen LogP contribution in [0.25, 0.3) is 0 Å². The maximum Gasteiger partial charge on any atom is 0.252 e. The van der Waals surface area contributed by atoms with Gasteiger partial charge in [0.15, 0.2) is 0 Å². The molecule has 17 heavy (non-hydrogen) atoms. The lowest BCUT2D eigenvalue weighted by molar-refractivity contribution is 0.564. The molecule has 88 valence electrons. The Balaban J connectivity index is 1.75. The van der Waals surface area contributed by atoms with Gasteiger partial charge >= 0.3 is 0 Å². The first kappa shape index (κ1) is 10.1. The summed E-state index contributed by atoms with van der Waals surface area (Å²) in [5.41, 5.74) is 0.927. The molecule has 2 heterocycles. The van der Waals surface area contributed by atoms with Crippen molar-refractivity contribution in [2.45, 2.75) is 25.3 Å². The smallest absolute Gasteiger partial charge is 0.252 e. The lowest BCUT2D eigenvalue weighted by Gasteiger charge is -2.05. The van der Waals surface area contributed by atoms with Crippen LogP contribution in [0, 0.1) is 0 Å². The van der Waals surface area contributed by atoms with Gasteiger partial charge in [-0.05, 0) is 18.9 Å². The predicted octanol–water partition coefficient (Wildman–Crippen LogP) is 1.85. The summed E-state index contributed by atoms with van der Waals surface area (Å²) >= 11 is 0. The van der Waals surface area contributed by atoms with E-state index in [-0.39, 0.29) is 5.56 Å². The first-order valence-electron chi connectivity index (χ1n) is 5.67. The van der Waals surface area contributed by atoms with Crippen molar-refractivity contribution in [1.82, 2.24) is 9.97 Å². The van der Waals surface area contributed by atoms with Gasteiger partial charge in [0.25, 0.3) is 5.56 Å². The first-order valence-corrected chi connectivity index (χ1v) is 5.67. The number of H-pyrrole nitrogens is 1. The highest BCUT2D eigenvalue weighted by molar-refractivity contribution is 5.34. The molecule has 2 aromatic rings. The Morgan fingerprint density at radius 1 is 1.53 bits per heavy atom. The normalized spacial score (nSPS) is 14.8. The van der Waals surface area contributed by atoms with Crippen molar-refractivity contribution >= 4 is 5.82 Å². The summed E-state index contributed by atoms with van der Waals surface area (Å²) < 4.78 is 4.97. The zero-order chi connectivity index (χ0) is 11.7. The fourth-order valence-electron chi connectivity index (χ4n) is 1.70. The van der Waals surface area contributed by atoms with Crippen molar-refractivity contribution in [2.75, 3.05) is 5.32 Å². The fourth-order valence-corrected chi connectivity index (χ4v) is 1.70. The van der Waals surface area contributed by atoms with Crippen LogP contribution >= 0.6 is 0 Å². The van der Waals surface area contributed by atoms with Gasteiger partial charge in [0.05, 0.1) is 12.5 Å². The summed E-state index contributed by atoms with van der Waals surface area (Å²) in [5.74, 6) is 1.86. The van der Waals surface area contributed by atoms with Gasteiger partial charge in [0, 0.05) is 24.1 Å². The molecule has 5 heteroatoms. The van der Waals surface area contributed by atoms with E-state index in [9.17, 15) is 4.79 Å². The number of aromatic nitrogens is 2. The van der Waals surface area contributed by atoms with Crippen molar-refractivity contribution in [2.24, 2.45) is 0 Å². The molecule has 2 N–H and O–H groups in total. The second-order valence-electron chi connectivity index (χ2n) is 4.28. The van der Waals surface area contributed by atoms with E-state index in [1.807, 2.05) is 6.07 Å². The van der Waals surface area contributed by atoms with Crippen LogP contribution < -0.4 is 10.9 Å². The van der Waals surface area contributed by atoms with Gasteiger partial charge in [0.2, 0.25) is 0 Å². The molecule has 1 fully saturated rings. The molecule has 1 aliphatic rings. The molecule has 0 saturated heterocycles. The van der Waals surface area contributed by atoms with Crippen LogP contribution in [0.1, 0.15) is 30.1 Å². The standard InChI is InChI=1S/C12H13N3O2/c16-11-5-10(13-6-8-3-4-17-7-8)14-12(15-11)9-1-2-9/h3-5,7,9H,1-2,6H2,(H2,13,14,15,16). The summed E-state index contributed by atoms with van der Waals surface area (Å²) in [4.78, 5) is 18.6. The summed E-state index contributed by atoms with van der Waals surface area (Å²) in [5, 5.41) is 3.12. The van der Waals surface area contributed by atoms with Gasteiger partial charge in [-0.3, -0.25) is 4.79 Å². The Kier molecular flexibility index (Phi) is 2.44. The second-order valence-corrected chi connectivity index (χ2v) is 4.28. The van der Waals surface area contributed by atoms with E-state index in [2.05, 4.69) is 15.3 Å². The minimum absolute atomic E-state index is 0.100. The van der Waals surface area contributed by atoms with E-state index in [1.54, 1.807) is 12.5 Å². The Labute approximate surface area is 97.9 Å². The van der Waals surface area contributed by atoms with Crippen LogP contribution in [-0.4, -0.2) is 9.97 Å². The second kappa shape index (κ2) is 4.08. The molecular weight excluding hydrogens is 218 g/mol. The minimum atomic E-state index is -0.100. The van der Waals surface area contributed by atoms with Crippen LogP contribution in [0.5, 0.6) is 0 Å². The monoisotopic (exact) mass is 231 g/mol. The van der Waals surface area contributed by atoms with Crippen LogP contribution in [0.4, 0.5) is 5.82 Å². The van der Waals surface area contributed by atoms with Gasteiger partial charge in [-0.25, -0.2) is 4.98 Å². The quantitative estimate of drug-likeness (QED) is 0.842. The van der Waals surface area contributed by atoms with Crippen LogP contribution in [-0.2, 0) is 6.54 Å². The molecule has 0 aromatic carbocycles. The maximum absolute atomic E-state index is 11.5. The number of rotatable bonds is 4. The highest BCUT2D eigenvalue weighted by Gasteiger charge is 2.26. The van der Waals surface area contributed by atoms with Crippen molar-refractivity contribution in [3.8, 4) is 0 Å². The molecule has 5 nitrogen and oxygen atoms in total. The van der Waals surface area contributed by atoms with Crippen molar-refractivity contribution in [1.29, 1.82) is 0 Å². The largest absolute Gasteiger partial charge is 0.472 e. The SMILES string of the molecule is O=c1cc(NCc2ccoc2)nc(C2CC2)[nH]1. The first-order chi connectivity index (χ1) is 8.31. The third kappa shape index (κ3) is 2.38. The van der Waals surface area contributed by atoms with Crippen LogP contribution in [0.2, 0.25) is 0 Å². The number of furan rings is 1. The Morgan fingerprint density at radius 3 is 3.12 bits per heavy atom. The maximum atomic E-state index is 11.5. The topological polar surface area (TPSA) is 70.9 Å². The third-order valence-corrected chi connectivity index (χ3v) is 2.78. The van der Waals surface area contributed by atoms with E-state index in [0.29, 0.717) is 18.3 Å². The van der Waals surface area contributed by atoms with E-state index in [1.165, 1.54) is 6.07 Å². The number of anilines is 1. The zero-order valence-corrected chi connectivity index (χ0v) is 9.27. The molecule has 1 saturated carbocycles. The molecule has 0 radical (unpaired) electrons. The molecule has 0 aliphatic heterocycles. The fraction of sp³-hybridized carbons (Fsp3) is 0.333. The molecule has 0 bridgehead atoms. The average Bonchev–Trinajstić information content (AvgIpc) is 3.04. The van der Waals surface area contributed by atoms with Gasteiger partial charge in [0.1, 0.15) is 11.6 Å². The predicted molar refractivity (Wildman–Crippen MR) is 62.9 cm³/mol. The third-order valence-electron chi connectivity index (χ3n) is 2.78. The lowest BCUT2D eigenvalue weighted by Crippen LogP contribution is -2.13. The van der Waals surface area contributed by atoms with Crippen molar-refractivity contribution in [3.63, 3.8) is 0 Å². The zero-order valence-electron chi connectivity index (χ0n) is 9.27. The van der Waals surface area contributed by atoms with Crippen molar-refractivity contribution < 1.29 is 4.42 Å². The number of aromatic amines is 1. The summed E-state index contributed by atoms with van der Waals surface area (Å²) in [7, 11) is 0. The molecule has 3 rings (SSSR count). The Hall–Kier alpha value is -2.04. The Morgan fingerprint density at radius 2 is 2.41 bits per heavy atom. The highest BCUT2D eigenvalue weighted by Crippen LogP contribution is 2.37. The highest BCUT2D eigenvalue weighted by atomic mass is 16.3. The Bertz CT molecular complexity index is 555.